The Balaban J connectivity index is 0.000000192. The zero-order valence-electron chi connectivity index (χ0n) is 16.2. The Bertz CT molecular complexity index is 990. The van der Waals surface area contributed by atoms with Crippen molar-refractivity contribution in [1.82, 2.24) is 0 Å². The SMILES string of the molecule is CC(=O)c1cc2c(cc1[N+](=O)[O-])OCO2.CC(=O)c1ccc2c(c1)OCO2.O=[N+]([O-])O. The van der Waals surface area contributed by atoms with Crippen molar-refractivity contribution in [3.8, 4) is 23.0 Å². The van der Waals surface area contributed by atoms with E-state index < -0.39 is 10.0 Å². The minimum Gasteiger partial charge on any atom is -0.454 e. The number of ketones is 2. The molecule has 2 aromatic rings. The van der Waals surface area contributed by atoms with E-state index in [1.165, 1.54) is 26.0 Å². The van der Waals surface area contributed by atoms with E-state index in [9.17, 15) is 19.7 Å². The van der Waals surface area contributed by atoms with E-state index in [1.807, 2.05) is 0 Å². The second-order valence-corrected chi connectivity index (χ2v) is 5.90. The van der Waals surface area contributed by atoms with Gasteiger partial charge in [-0.2, -0.15) is 0 Å². The van der Waals surface area contributed by atoms with Gasteiger partial charge in [0.1, 0.15) is 0 Å². The van der Waals surface area contributed by atoms with Crippen LogP contribution in [0.5, 0.6) is 23.0 Å². The van der Waals surface area contributed by atoms with Crippen molar-refractivity contribution in [2.75, 3.05) is 13.6 Å². The summed E-state index contributed by atoms with van der Waals surface area (Å²) in [4.78, 5) is 40.6. The molecule has 0 radical (unpaired) electrons. The third-order valence-corrected chi connectivity index (χ3v) is 3.85. The molecule has 2 aliphatic heterocycles. The van der Waals surface area contributed by atoms with Crippen LogP contribution in [-0.2, 0) is 0 Å². The Morgan fingerprint density at radius 3 is 1.81 bits per heavy atom. The molecule has 0 bridgehead atoms. The number of rotatable bonds is 3. The Morgan fingerprint density at radius 1 is 0.839 bits per heavy atom. The van der Waals surface area contributed by atoms with Crippen molar-refractivity contribution < 1.29 is 43.8 Å². The molecule has 2 aliphatic rings. The van der Waals surface area contributed by atoms with Gasteiger partial charge in [-0.25, -0.2) is 0 Å². The molecule has 0 unspecified atom stereocenters. The molecule has 31 heavy (non-hydrogen) atoms. The maximum absolute atomic E-state index is 11.2. The van der Waals surface area contributed by atoms with Gasteiger partial charge in [0.05, 0.1) is 16.6 Å². The predicted octanol–water partition coefficient (Wildman–Crippen LogP) is 2.80. The molecule has 0 saturated carbocycles. The monoisotopic (exact) mass is 436 g/mol. The van der Waals surface area contributed by atoms with Gasteiger partial charge in [-0.1, -0.05) is 0 Å². The topological polar surface area (TPSA) is 178 Å². The maximum Gasteiger partial charge on any atom is 0.291 e. The molecule has 1 N–H and O–H groups in total. The van der Waals surface area contributed by atoms with Gasteiger partial charge in [-0.15, -0.1) is 10.1 Å². The van der Waals surface area contributed by atoms with E-state index in [2.05, 4.69) is 0 Å². The van der Waals surface area contributed by atoms with E-state index >= 15 is 0 Å². The molecule has 0 aromatic heterocycles. The first-order valence-corrected chi connectivity index (χ1v) is 8.43. The highest BCUT2D eigenvalue weighted by Gasteiger charge is 2.25. The summed E-state index contributed by atoms with van der Waals surface area (Å²) in [6.07, 6.45) is 0. The van der Waals surface area contributed by atoms with Gasteiger partial charge in [0.2, 0.25) is 13.6 Å². The minimum absolute atomic E-state index is 0.0217. The summed E-state index contributed by atoms with van der Waals surface area (Å²) in [5.74, 6) is 1.69. The number of fused-ring (bicyclic) bond motifs is 2. The van der Waals surface area contributed by atoms with Crippen LogP contribution in [0.4, 0.5) is 5.69 Å². The van der Waals surface area contributed by atoms with Crippen molar-refractivity contribution in [1.29, 1.82) is 0 Å². The number of hydrogen-bond acceptors (Lipinski definition) is 10. The highest BCUT2D eigenvalue weighted by Crippen LogP contribution is 2.38. The summed E-state index contributed by atoms with van der Waals surface area (Å²) >= 11 is 0. The third-order valence-electron chi connectivity index (χ3n) is 3.85. The van der Waals surface area contributed by atoms with Crippen LogP contribution in [0.15, 0.2) is 30.3 Å². The van der Waals surface area contributed by atoms with Gasteiger partial charge in [-0.3, -0.25) is 19.7 Å². The van der Waals surface area contributed by atoms with E-state index in [0.29, 0.717) is 28.6 Å². The molecule has 0 amide bonds. The fourth-order valence-corrected chi connectivity index (χ4v) is 2.48. The fourth-order valence-electron chi connectivity index (χ4n) is 2.48. The Kier molecular flexibility index (Phi) is 7.28. The lowest BCUT2D eigenvalue weighted by atomic mass is 10.1. The van der Waals surface area contributed by atoms with Crippen LogP contribution in [0.2, 0.25) is 0 Å². The van der Waals surface area contributed by atoms with Crippen molar-refractivity contribution in [2.24, 2.45) is 0 Å². The molecule has 13 nitrogen and oxygen atoms in total. The lowest BCUT2D eigenvalue weighted by Crippen LogP contribution is -1.99. The summed E-state index contributed by atoms with van der Waals surface area (Å²) in [5, 5.41) is 24.3. The van der Waals surface area contributed by atoms with Crippen LogP contribution in [0.1, 0.15) is 34.6 Å². The minimum atomic E-state index is -1.50. The van der Waals surface area contributed by atoms with Crippen molar-refractivity contribution in [3.05, 3.63) is 61.7 Å². The predicted molar refractivity (Wildman–Crippen MR) is 101 cm³/mol. The number of nitrogens with zero attached hydrogens (tertiary/aromatic N) is 2. The average Bonchev–Trinajstić information content (AvgIpc) is 3.34. The molecule has 4 rings (SSSR count). The van der Waals surface area contributed by atoms with Gasteiger partial charge in [0.25, 0.3) is 10.8 Å². The summed E-state index contributed by atoms with van der Waals surface area (Å²) in [5.41, 5.74) is 0.426. The molecule has 0 atom stereocenters. The highest BCUT2D eigenvalue weighted by atomic mass is 16.9. The van der Waals surface area contributed by atoms with Crippen molar-refractivity contribution >= 4 is 17.3 Å². The van der Waals surface area contributed by atoms with Gasteiger partial charge in [0.15, 0.2) is 34.6 Å². The lowest BCUT2D eigenvalue weighted by Gasteiger charge is -2.00. The summed E-state index contributed by atoms with van der Waals surface area (Å²) < 4.78 is 20.2. The molecule has 2 heterocycles. The van der Waals surface area contributed by atoms with E-state index in [0.717, 1.165) is 0 Å². The Labute approximate surface area is 174 Å². The maximum atomic E-state index is 11.2. The standard InChI is InChI=1S/C9H7NO5.C9H8O3.HNO3/c1-5(11)6-2-8-9(15-4-14-8)3-7(6)10(12)13;1-6(10)7-2-3-8-9(4-7)12-5-11-8;2-1(3)4/h2-3H,4H2,1H3;2-4H,5H2,1H3;(H,2,3,4). The molecule has 0 fully saturated rings. The molecule has 13 heteroatoms. The number of nitro benzene ring substituents is 1. The number of ether oxygens (including phenoxy) is 4. The normalized spacial score (nSPS) is 11.9. The first kappa shape index (κ1) is 22.9. The molecular weight excluding hydrogens is 420 g/mol. The zero-order valence-corrected chi connectivity index (χ0v) is 16.2. The van der Waals surface area contributed by atoms with Crippen LogP contribution < -0.4 is 18.9 Å². The molecule has 0 saturated heterocycles. The number of carbonyl (C=O) groups is 2. The largest absolute Gasteiger partial charge is 0.454 e. The first-order valence-electron chi connectivity index (χ1n) is 8.43. The van der Waals surface area contributed by atoms with E-state index in [1.54, 1.807) is 18.2 Å². The summed E-state index contributed by atoms with van der Waals surface area (Å²) in [6.45, 7) is 3.06. The summed E-state index contributed by atoms with van der Waals surface area (Å²) in [6, 6.07) is 7.72. The average molecular weight is 436 g/mol. The van der Waals surface area contributed by atoms with Crippen LogP contribution in [0.3, 0.4) is 0 Å². The first-order chi connectivity index (χ1) is 14.6. The molecule has 0 spiro atoms. The number of nitro groups is 1. The van der Waals surface area contributed by atoms with Gasteiger partial charge >= 0.3 is 0 Å². The number of hydrogen-bond donors (Lipinski definition) is 1. The summed E-state index contributed by atoms with van der Waals surface area (Å²) in [7, 11) is 0. The van der Waals surface area contributed by atoms with Gasteiger partial charge in [0, 0.05) is 11.6 Å². The number of Topliss-reactive ketones (excluding diaryl/α,β-unsaturated/α-hetero) is 2. The number of benzene rings is 2. The molecular formula is C18H16N2O11. The third kappa shape index (κ3) is 6.03. The van der Waals surface area contributed by atoms with Crippen LogP contribution in [0, 0.1) is 20.2 Å². The van der Waals surface area contributed by atoms with Gasteiger partial charge < -0.3 is 24.2 Å². The van der Waals surface area contributed by atoms with Crippen molar-refractivity contribution in [3.63, 3.8) is 0 Å². The van der Waals surface area contributed by atoms with Crippen LogP contribution >= 0.6 is 0 Å². The quantitative estimate of drug-likeness (QED) is 0.425. The fraction of sp³-hybridized carbons (Fsp3) is 0.222. The Morgan fingerprint density at radius 2 is 1.32 bits per heavy atom. The smallest absolute Gasteiger partial charge is 0.291 e. The van der Waals surface area contributed by atoms with Crippen molar-refractivity contribution in [2.45, 2.75) is 13.8 Å². The second kappa shape index (κ2) is 9.87. The number of carbonyl (C=O) groups excluding carboxylic acids is 2. The van der Waals surface area contributed by atoms with Gasteiger partial charge in [-0.05, 0) is 32.0 Å². The molecule has 0 aliphatic carbocycles. The van der Waals surface area contributed by atoms with Crippen LogP contribution in [0.25, 0.3) is 0 Å². The van der Waals surface area contributed by atoms with E-state index in [4.69, 9.17) is 34.3 Å². The molecule has 2 aromatic carbocycles. The lowest BCUT2D eigenvalue weighted by molar-refractivity contribution is -0.742. The molecule has 164 valence electrons. The second-order valence-electron chi connectivity index (χ2n) is 5.90. The zero-order chi connectivity index (χ0) is 23.1. The Hall–Kier alpha value is -4.42. The van der Waals surface area contributed by atoms with E-state index in [-0.39, 0.29) is 36.4 Å². The van der Waals surface area contributed by atoms with Crippen LogP contribution in [-0.4, -0.2) is 40.4 Å². The highest BCUT2D eigenvalue weighted by molar-refractivity contribution is 5.99.